The second-order valence-electron chi connectivity index (χ2n) is 9.49. The molecule has 5 heterocycles. The molecule has 3 aromatic rings. The lowest BCUT2D eigenvalue weighted by Crippen LogP contribution is -2.46. The minimum absolute atomic E-state index is 0.140. The number of benzene rings is 2. The first-order chi connectivity index (χ1) is 17.2. The highest BCUT2D eigenvalue weighted by Gasteiger charge is 2.36. The van der Waals surface area contributed by atoms with Crippen LogP contribution in [0.25, 0.3) is 0 Å². The Morgan fingerprint density at radius 1 is 1.00 bits per heavy atom. The summed E-state index contributed by atoms with van der Waals surface area (Å²) in [5.74, 6) is 1.86. The molecule has 2 bridgehead atoms. The van der Waals surface area contributed by atoms with E-state index in [-0.39, 0.29) is 24.7 Å². The van der Waals surface area contributed by atoms with E-state index >= 15 is 0 Å². The summed E-state index contributed by atoms with van der Waals surface area (Å²) in [6.07, 6.45) is 3.81. The minimum atomic E-state index is -0.737. The normalized spacial score (nSPS) is 24.2. The molecule has 8 nitrogen and oxygen atoms in total. The van der Waals surface area contributed by atoms with Crippen molar-refractivity contribution in [2.45, 2.75) is 37.7 Å². The highest BCUT2D eigenvalue weighted by Crippen LogP contribution is 2.40. The Bertz CT molecular complexity index is 1290. The fourth-order valence-electron chi connectivity index (χ4n) is 5.44. The van der Waals surface area contributed by atoms with Crippen molar-refractivity contribution in [3.63, 3.8) is 0 Å². The summed E-state index contributed by atoms with van der Waals surface area (Å²) in [6.45, 7) is 2.30. The van der Waals surface area contributed by atoms with Crippen LogP contribution in [-0.2, 0) is 16.1 Å². The van der Waals surface area contributed by atoms with Gasteiger partial charge in [0.2, 0.25) is 6.10 Å². The SMILES string of the molecule is O=C([C@H]1COc2ccccc2O1)N1Cc2cccnc2Nc2ccc(N3CC4CCC(C3)O4)cc21. The molecule has 178 valence electrons. The van der Waals surface area contributed by atoms with E-state index < -0.39 is 6.10 Å². The van der Waals surface area contributed by atoms with Crippen molar-refractivity contribution in [2.24, 2.45) is 0 Å². The number of para-hydroxylation sites is 2. The largest absolute Gasteiger partial charge is 0.485 e. The van der Waals surface area contributed by atoms with Gasteiger partial charge in [0.05, 0.1) is 30.1 Å². The summed E-state index contributed by atoms with van der Waals surface area (Å²) in [5.41, 5.74) is 3.69. The molecule has 4 aliphatic rings. The Balaban J connectivity index is 1.25. The van der Waals surface area contributed by atoms with E-state index in [1.807, 2.05) is 42.5 Å². The van der Waals surface area contributed by atoms with Gasteiger partial charge in [-0.1, -0.05) is 18.2 Å². The van der Waals surface area contributed by atoms with Gasteiger partial charge in [-0.2, -0.15) is 0 Å². The third-order valence-electron chi connectivity index (χ3n) is 7.20. The molecule has 35 heavy (non-hydrogen) atoms. The van der Waals surface area contributed by atoms with Crippen molar-refractivity contribution in [3.8, 4) is 11.5 Å². The molecule has 4 aliphatic heterocycles. The first-order valence-corrected chi connectivity index (χ1v) is 12.2. The Hall–Kier alpha value is -3.78. The maximum Gasteiger partial charge on any atom is 0.272 e. The van der Waals surface area contributed by atoms with Crippen molar-refractivity contribution in [1.82, 2.24) is 4.98 Å². The van der Waals surface area contributed by atoms with Gasteiger partial charge in [-0.25, -0.2) is 4.98 Å². The standard InChI is InChI=1S/C27H26N4O4/c32-27(25-16-33-23-5-1-2-6-24(23)35-25)31-13-17-4-3-11-28-26(17)29-21-10-7-18(12-22(21)31)30-14-19-8-9-20(15-30)34-19/h1-7,10-12,19-20,25H,8-9,13-16H2,(H,28,29)/t19?,20?,25-/m1/s1. The number of hydrogen-bond acceptors (Lipinski definition) is 7. The van der Waals surface area contributed by atoms with Crippen LogP contribution >= 0.6 is 0 Å². The quantitative estimate of drug-likeness (QED) is 0.609. The predicted octanol–water partition coefficient (Wildman–Crippen LogP) is 3.88. The number of ether oxygens (including phenoxy) is 3. The molecule has 1 N–H and O–H groups in total. The molecule has 1 amide bonds. The topological polar surface area (TPSA) is 76.2 Å². The summed E-state index contributed by atoms with van der Waals surface area (Å²) in [5, 5.41) is 3.45. The smallest absolute Gasteiger partial charge is 0.272 e. The van der Waals surface area contributed by atoms with Crippen molar-refractivity contribution < 1.29 is 19.0 Å². The van der Waals surface area contributed by atoms with Crippen molar-refractivity contribution >= 4 is 28.8 Å². The van der Waals surface area contributed by atoms with E-state index in [1.54, 1.807) is 11.1 Å². The predicted molar refractivity (Wildman–Crippen MR) is 132 cm³/mol. The van der Waals surface area contributed by atoms with Gasteiger partial charge in [0.25, 0.3) is 5.91 Å². The summed E-state index contributed by atoms with van der Waals surface area (Å²) < 4.78 is 18.0. The lowest BCUT2D eigenvalue weighted by molar-refractivity contribution is -0.127. The molecule has 3 atom stereocenters. The number of morpholine rings is 1. The number of amides is 1. The molecule has 8 heteroatoms. The number of carbonyl (C=O) groups is 1. The van der Waals surface area contributed by atoms with E-state index in [2.05, 4.69) is 27.3 Å². The van der Waals surface area contributed by atoms with Gasteiger partial charge in [0.1, 0.15) is 12.4 Å². The zero-order valence-corrected chi connectivity index (χ0v) is 19.2. The van der Waals surface area contributed by atoms with Crippen LogP contribution in [0.2, 0.25) is 0 Å². The number of anilines is 4. The van der Waals surface area contributed by atoms with E-state index in [1.165, 1.54) is 0 Å². The van der Waals surface area contributed by atoms with Gasteiger partial charge in [-0.05, 0) is 49.2 Å². The van der Waals surface area contributed by atoms with Gasteiger partial charge in [0.15, 0.2) is 11.5 Å². The maximum atomic E-state index is 13.9. The number of aromatic nitrogens is 1. The van der Waals surface area contributed by atoms with Crippen LogP contribution in [0.5, 0.6) is 11.5 Å². The van der Waals surface area contributed by atoms with E-state index in [0.29, 0.717) is 18.0 Å². The van der Waals surface area contributed by atoms with Crippen molar-refractivity contribution in [2.75, 3.05) is 34.8 Å². The van der Waals surface area contributed by atoms with Crippen LogP contribution in [0, 0.1) is 0 Å². The van der Waals surface area contributed by atoms with E-state index in [9.17, 15) is 4.79 Å². The van der Waals surface area contributed by atoms with Crippen LogP contribution in [0.4, 0.5) is 22.9 Å². The fraction of sp³-hybridized carbons (Fsp3) is 0.333. The van der Waals surface area contributed by atoms with Gasteiger partial charge >= 0.3 is 0 Å². The highest BCUT2D eigenvalue weighted by atomic mass is 16.6. The molecule has 0 spiro atoms. The molecule has 2 saturated heterocycles. The second kappa shape index (κ2) is 8.16. The van der Waals surface area contributed by atoms with Crippen LogP contribution in [0.15, 0.2) is 60.8 Å². The summed E-state index contributed by atoms with van der Waals surface area (Å²) in [4.78, 5) is 22.6. The molecule has 1 aromatic heterocycles. The number of pyridine rings is 1. The van der Waals surface area contributed by atoms with Crippen LogP contribution < -0.4 is 24.6 Å². The second-order valence-corrected chi connectivity index (χ2v) is 9.49. The molecule has 2 aromatic carbocycles. The van der Waals surface area contributed by atoms with E-state index in [4.69, 9.17) is 14.2 Å². The Morgan fingerprint density at radius 2 is 1.83 bits per heavy atom. The minimum Gasteiger partial charge on any atom is -0.485 e. The van der Waals surface area contributed by atoms with Crippen LogP contribution in [0.3, 0.4) is 0 Å². The Kier molecular flexibility index (Phi) is 4.80. The lowest BCUT2D eigenvalue weighted by atomic mass is 10.1. The number of carbonyl (C=O) groups excluding carboxylic acids is 1. The molecule has 0 aliphatic carbocycles. The average molecular weight is 471 g/mol. The molecule has 2 fully saturated rings. The first-order valence-electron chi connectivity index (χ1n) is 12.2. The summed E-state index contributed by atoms with van der Waals surface area (Å²) in [6, 6.07) is 17.6. The third kappa shape index (κ3) is 3.65. The molecular formula is C27H26N4O4. The summed E-state index contributed by atoms with van der Waals surface area (Å²) in [7, 11) is 0. The average Bonchev–Trinajstić information content (AvgIpc) is 3.14. The molecule has 0 saturated carbocycles. The maximum absolute atomic E-state index is 13.9. The first kappa shape index (κ1) is 20.6. The fourth-order valence-corrected chi connectivity index (χ4v) is 5.44. The van der Waals surface area contributed by atoms with Crippen LogP contribution in [-0.4, -0.2) is 48.9 Å². The number of hydrogen-bond donors (Lipinski definition) is 1. The number of fused-ring (bicyclic) bond motifs is 5. The lowest BCUT2D eigenvalue weighted by Gasteiger charge is -2.35. The molecule has 2 unspecified atom stereocenters. The number of rotatable bonds is 2. The van der Waals surface area contributed by atoms with Gasteiger partial charge in [0, 0.05) is 30.5 Å². The zero-order valence-electron chi connectivity index (χ0n) is 19.2. The molecule has 0 radical (unpaired) electrons. The molecule has 7 rings (SSSR count). The number of nitrogens with zero attached hydrogens (tertiary/aromatic N) is 3. The van der Waals surface area contributed by atoms with Crippen LogP contribution in [0.1, 0.15) is 18.4 Å². The third-order valence-corrected chi connectivity index (χ3v) is 7.20. The van der Waals surface area contributed by atoms with Crippen molar-refractivity contribution in [1.29, 1.82) is 0 Å². The Labute approximate surface area is 203 Å². The van der Waals surface area contributed by atoms with Gasteiger partial charge < -0.3 is 29.3 Å². The highest BCUT2D eigenvalue weighted by molar-refractivity contribution is 6.01. The van der Waals surface area contributed by atoms with Gasteiger partial charge in [-0.3, -0.25) is 4.79 Å². The summed E-state index contributed by atoms with van der Waals surface area (Å²) >= 11 is 0. The van der Waals surface area contributed by atoms with E-state index in [0.717, 1.165) is 54.4 Å². The monoisotopic (exact) mass is 470 g/mol. The Morgan fingerprint density at radius 3 is 2.69 bits per heavy atom. The van der Waals surface area contributed by atoms with Crippen molar-refractivity contribution in [3.05, 3.63) is 66.4 Å². The number of nitrogens with one attached hydrogen (secondary N) is 1. The zero-order chi connectivity index (χ0) is 23.4. The molecular weight excluding hydrogens is 444 g/mol. The van der Waals surface area contributed by atoms with Gasteiger partial charge in [-0.15, -0.1) is 0 Å².